The molecule has 0 saturated heterocycles. The smallest absolute Gasteiger partial charge is 0.273 e. The summed E-state index contributed by atoms with van der Waals surface area (Å²) in [4.78, 5) is 21.0. The predicted molar refractivity (Wildman–Crippen MR) is 119 cm³/mol. The molecule has 0 aliphatic rings. The maximum absolute atomic E-state index is 12.3. The van der Waals surface area contributed by atoms with Crippen molar-refractivity contribution >= 4 is 5.91 Å². The number of benzene rings is 1. The van der Waals surface area contributed by atoms with Crippen molar-refractivity contribution in [3.8, 4) is 5.75 Å². The van der Waals surface area contributed by atoms with E-state index in [4.69, 9.17) is 9.15 Å². The van der Waals surface area contributed by atoms with E-state index < -0.39 is 0 Å². The van der Waals surface area contributed by atoms with Gasteiger partial charge in [-0.2, -0.15) is 0 Å². The number of rotatable bonds is 12. The molecule has 0 bridgehead atoms. The fourth-order valence-electron chi connectivity index (χ4n) is 3.00. The number of amides is 1. The third-order valence-corrected chi connectivity index (χ3v) is 5.13. The molecule has 0 aliphatic heterocycles. The van der Waals surface area contributed by atoms with Crippen LogP contribution in [0, 0.1) is 5.92 Å². The molecule has 1 aromatic heterocycles. The second-order valence-electron chi connectivity index (χ2n) is 8.15. The van der Waals surface area contributed by atoms with Gasteiger partial charge in [-0.1, -0.05) is 26.0 Å². The summed E-state index contributed by atoms with van der Waals surface area (Å²) in [6.07, 6.45) is 1.44. The molecule has 7 nitrogen and oxygen atoms in total. The van der Waals surface area contributed by atoms with Gasteiger partial charge in [0, 0.05) is 25.7 Å². The monoisotopic (exact) mass is 416 g/mol. The lowest BCUT2D eigenvalue weighted by Gasteiger charge is -2.30. The quantitative estimate of drug-likeness (QED) is 0.572. The van der Waals surface area contributed by atoms with Gasteiger partial charge in [0.2, 0.25) is 5.89 Å². The summed E-state index contributed by atoms with van der Waals surface area (Å²) in [5.41, 5.74) is 1.51. The Morgan fingerprint density at radius 2 is 1.87 bits per heavy atom. The van der Waals surface area contributed by atoms with Gasteiger partial charge in [0.15, 0.2) is 5.69 Å². The van der Waals surface area contributed by atoms with Crippen LogP contribution in [0.4, 0.5) is 0 Å². The molecule has 1 N–H and O–H groups in total. The molecule has 0 spiro atoms. The maximum Gasteiger partial charge on any atom is 0.273 e. The Labute approximate surface area is 180 Å². The first-order chi connectivity index (χ1) is 14.3. The van der Waals surface area contributed by atoms with Crippen molar-refractivity contribution in [2.45, 2.75) is 46.8 Å². The van der Waals surface area contributed by atoms with Crippen molar-refractivity contribution in [1.29, 1.82) is 0 Å². The molecular formula is C23H36N4O3. The first-order valence-corrected chi connectivity index (χ1v) is 10.6. The molecule has 1 atom stereocenters. The van der Waals surface area contributed by atoms with Crippen LogP contribution < -0.4 is 10.1 Å². The SMILES string of the molecule is CCOc1ccc(CN(Cc2nc(C(=O)NCCN(C)C)co2)[C@H](C)C(C)C)cc1. The number of aromatic nitrogens is 1. The molecule has 166 valence electrons. The summed E-state index contributed by atoms with van der Waals surface area (Å²) >= 11 is 0. The lowest BCUT2D eigenvalue weighted by atomic mass is 10.0. The largest absolute Gasteiger partial charge is 0.494 e. The normalized spacial score (nSPS) is 12.6. The highest BCUT2D eigenvalue weighted by Crippen LogP contribution is 2.20. The summed E-state index contributed by atoms with van der Waals surface area (Å²) in [7, 11) is 3.93. The van der Waals surface area contributed by atoms with E-state index in [1.54, 1.807) is 0 Å². The Bertz CT molecular complexity index is 771. The van der Waals surface area contributed by atoms with E-state index in [2.05, 4.69) is 48.1 Å². The molecule has 0 fully saturated rings. The molecule has 0 saturated carbocycles. The van der Waals surface area contributed by atoms with Gasteiger partial charge < -0.3 is 19.4 Å². The van der Waals surface area contributed by atoms with Gasteiger partial charge in [-0.05, 0) is 51.6 Å². The number of nitrogens with one attached hydrogen (secondary N) is 1. The van der Waals surface area contributed by atoms with Gasteiger partial charge in [-0.15, -0.1) is 0 Å². The van der Waals surface area contributed by atoms with E-state index in [9.17, 15) is 4.79 Å². The molecule has 1 amide bonds. The molecule has 0 aliphatic carbocycles. The molecule has 30 heavy (non-hydrogen) atoms. The molecule has 1 heterocycles. The van der Waals surface area contributed by atoms with E-state index in [-0.39, 0.29) is 5.91 Å². The number of ether oxygens (including phenoxy) is 1. The van der Waals surface area contributed by atoms with Gasteiger partial charge in [-0.25, -0.2) is 4.98 Å². The zero-order chi connectivity index (χ0) is 22.1. The van der Waals surface area contributed by atoms with Crippen LogP contribution in [0.1, 0.15) is 49.6 Å². The Morgan fingerprint density at radius 3 is 2.47 bits per heavy atom. The van der Waals surface area contributed by atoms with Gasteiger partial charge >= 0.3 is 0 Å². The van der Waals surface area contributed by atoms with Crippen molar-refractivity contribution in [2.75, 3.05) is 33.8 Å². The van der Waals surface area contributed by atoms with Crippen molar-refractivity contribution in [3.63, 3.8) is 0 Å². The molecule has 7 heteroatoms. The van der Waals surface area contributed by atoms with E-state index in [1.807, 2.05) is 38.1 Å². The zero-order valence-electron chi connectivity index (χ0n) is 19.1. The average Bonchev–Trinajstić information content (AvgIpc) is 3.17. The molecule has 2 rings (SSSR count). The lowest BCUT2D eigenvalue weighted by Crippen LogP contribution is -2.36. The minimum Gasteiger partial charge on any atom is -0.494 e. The van der Waals surface area contributed by atoms with Gasteiger partial charge in [0.05, 0.1) is 13.2 Å². The molecule has 0 radical (unpaired) electrons. The Kier molecular flexibility index (Phi) is 9.33. The van der Waals surface area contributed by atoms with Crippen LogP contribution in [0.5, 0.6) is 5.75 Å². The van der Waals surface area contributed by atoms with Gasteiger partial charge in [-0.3, -0.25) is 9.69 Å². The summed E-state index contributed by atoms with van der Waals surface area (Å²) in [6.45, 7) is 11.9. The van der Waals surface area contributed by atoms with Crippen LogP contribution in [-0.2, 0) is 13.1 Å². The maximum atomic E-state index is 12.3. The molecule has 1 aromatic carbocycles. The van der Waals surface area contributed by atoms with Crippen molar-refractivity contribution in [3.05, 3.63) is 47.7 Å². The van der Waals surface area contributed by atoms with Crippen LogP contribution in [0.15, 0.2) is 34.9 Å². The third-order valence-electron chi connectivity index (χ3n) is 5.13. The van der Waals surface area contributed by atoms with E-state index in [1.165, 1.54) is 11.8 Å². The number of likely N-dealkylation sites (N-methyl/N-ethyl adjacent to an activating group) is 1. The highest BCUT2D eigenvalue weighted by molar-refractivity contribution is 5.91. The number of hydrogen-bond acceptors (Lipinski definition) is 6. The minimum atomic E-state index is -0.207. The predicted octanol–water partition coefficient (Wildman–Crippen LogP) is 3.41. The minimum absolute atomic E-state index is 0.207. The van der Waals surface area contributed by atoms with Crippen LogP contribution in [0.25, 0.3) is 0 Å². The second kappa shape index (κ2) is 11.7. The Balaban J connectivity index is 2.04. The Morgan fingerprint density at radius 1 is 1.17 bits per heavy atom. The summed E-state index contributed by atoms with van der Waals surface area (Å²) in [6, 6.07) is 8.49. The fraction of sp³-hybridized carbons (Fsp3) is 0.565. The van der Waals surface area contributed by atoms with Crippen LogP contribution in [-0.4, -0.2) is 60.5 Å². The topological polar surface area (TPSA) is 70.8 Å². The van der Waals surface area contributed by atoms with E-state index in [0.717, 1.165) is 18.8 Å². The summed E-state index contributed by atoms with van der Waals surface area (Å²) in [5, 5.41) is 2.86. The summed E-state index contributed by atoms with van der Waals surface area (Å²) < 4.78 is 11.2. The third kappa shape index (κ3) is 7.46. The summed E-state index contributed by atoms with van der Waals surface area (Å²) in [5.74, 6) is 1.69. The van der Waals surface area contributed by atoms with Crippen LogP contribution in [0.3, 0.4) is 0 Å². The fourth-order valence-corrected chi connectivity index (χ4v) is 3.00. The average molecular weight is 417 g/mol. The molecule has 0 unspecified atom stereocenters. The van der Waals surface area contributed by atoms with E-state index >= 15 is 0 Å². The van der Waals surface area contributed by atoms with E-state index in [0.29, 0.717) is 43.2 Å². The number of oxazole rings is 1. The zero-order valence-corrected chi connectivity index (χ0v) is 19.1. The van der Waals surface area contributed by atoms with Crippen LogP contribution in [0.2, 0.25) is 0 Å². The van der Waals surface area contributed by atoms with Gasteiger partial charge in [0.25, 0.3) is 5.91 Å². The highest BCUT2D eigenvalue weighted by atomic mass is 16.5. The standard InChI is InChI=1S/C23H36N4O3/c1-7-29-20-10-8-19(9-11-20)14-27(18(4)17(2)3)15-22-25-21(16-30-22)23(28)24-12-13-26(5)6/h8-11,16-18H,7,12-15H2,1-6H3,(H,24,28)/t18-/m1/s1. The number of hydrogen-bond donors (Lipinski definition) is 1. The first-order valence-electron chi connectivity index (χ1n) is 10.6. The second-order valence-corrected chi connectivity index (χ2v) is 8.15. The van der Waals surface area contributed by atoms with Crippen molar-refractivity contribution in [2.24, 2.45) is 5.92 Å². The number of nitrogens with zero attached hydrogens (tertiary/aromatic N) is 3. The van der Waals surface area contributed by atoms with Crippen LogP contribution >= 0.6 is 0 Å². The lowest BCUT2D eigenvalue weighted by molar-refractivity contribution is 0.0945. The van der Waals surface area contributed by atoms with Crippen molar-refractivity contribution in [1.82, 2.24) is 20.1 Å². The number of carbonyl (C=O) groups is 1. The van der Waals surface area contributed by atoms with Crippen molar-refractivity contribution < 1.29 is 13.9 Å². The highest BCUT2D eigenvalue weighted by Gasteiger charge is 2.21. The van der Waals surface area contributed by atoms with Gasteiger partial charge in [0.1, 0.15) is 12.0 Å². The first kappa shape index (κ1) is 23.9. The molecule has 2 aromatic rings. The number of carbonyl (C=O) groups excluding carboxylic acids is 1. The molecular weight excluding hydrogens is 380 g/mol. The Hall–Kier alpha value is -2.38.